The van der Waals surface area contributed by atoms with Crippen molar-refractivity contribution in [2.24, 2.45) is 5.92 Å². The van der Waals surface area contributed by atoms with Crippen LogP contribution in [0.1, 0.15) is 53.0 Å². The van der Waals surface area contributed by atoms with E-state index in [-0.39, 0.29) is 5.60 Å². The zero-order chi connectivity index (χ0) is 13.1. The van der Waals surface area contributed by atoms with Crippen molar-refractivity contribution < 1.29 is 9.78 Å². The van der Waals surface area contributed by atoms with Crippen molar-refractivity contribution in [2.45, 2.75) is 53.1 Å². The second-order valence-electron chi connectivity index (χ2n) is 5.65. The zero-order valence-electron chi connectivity index (χ0n) is 11.8. The number of benzene rings is 1. The van der Waals surface area contributed by atoms with Gasteiger partial charge in [0, 0.05) is 0 Å². The molecule has 0 heterocycles. The lowest BCUT2D eigenvalue weighted by Gasteiger charge is -2.27. The molecule has 0 spiro atoms. The van der Waals surface area contributed by atoms with Crippen LogP contribution in [-0.2, 0) is 4.89 Å². The molecule has 2 nitrogen and oxygen atoms in total. The monoisotopic (exact) mass is 236 g/mol. The van der Waals surface area contributed by atoms with E-state index in [1.54, 1.807) is 0 Å². The van der Waals surface area contributed by atoms with Crippen LogP contribution in [0.2, 0.25) is 0 Å². The fraction of sp³-hybridized carbons (Fsp3) is 0.600. The summed E-state index contributed by atoms with van der Waals surface area (Å²) in [6.45, 7) is 12.6. The highest BCUT2D eigenvalue weighted by Gasteiger charge is 2.25. The first-order chi connectivity index (χ1) is 7.83. The molecule has 0 N–H and O–H groups in total. The van der Waals surface area contributed by atoms with E-state index in [4.69, 9.17) is 9.78 Å². The van der Waals surface area contributed by atoms with Gasteiger partial charge < -0.3 is 4.89 Å². The first kappa shape index (κ1) is 14.0. The Morgan fingerprint density at radius 2 is 1.47 bits per heavy atom. The second-order valence-corrected chi connectivity index (χ2v) is 5.65. The fourth-order valence-electron chi connectivity index (χ4n) is 1.16. The van der Waals surface area contributed by atoms with E-state index in [2.05, 4.69) is 39.8 Å². The lowest BCUT2D eigenvalue weighted by Crippen LogP contribution is -2.32. The van der Waals surface area contributed by atoms with Gasteiger partial charge in [-0.1, -0.05) is 39.8 Å². The van der Waals surface area contributed by atoms with Gasteiger partial charge in [0.2, 0.25) is 0 Å². The molecule has 0 fully saturated rings. The summed E-state index contributed by atoms with van der Waals surface area (Å²) in [6.07, 6.45) is 0. The fourth-order valence-corrected chi connectivity index (χ4v) is 1.16. The first-order valence-electron chi connectivity index (χ1n) is 6.28. The van der Waals surface area contributed by atoms with Crippen molar-refractivity contribution in [1.29, 1.82) is 0 Å². The topological polar surface area (TPSA) is 18.5 Å². The second kappa shape index (κ2) is 5.54. The van der Waals surface area contributed by atoms with Crippen molar-refractivity contribution in [3.63, 3.8) is 0 Å². The minimum absolute atomic E-state index is 0.281. The van der Waals surface area contributed by atoms with Gasteiger partial charge in [0.25, 0.3) is 0 Å². The molecule has 0 atom stereocenters. The van der Waals surface area contributed by atoms with Crippen LogP contribution in [0.5, 0.6) is 5.75 Å². The summed E-state index contributed by atoms with van der Waals surface area (Å²) in [7, 11) is 0. The minimum Gasteiger partial charge on any atom is -0.337 e. The van der Waals surface area contributed by atoms with Gasteiger partial charge in [0.05, 0.1) is 0 Å². The quantitative estimate of drug-likeness (QED) is 0.551. The van der Waals surface area contributed by atoms with Crippen molar-refractivity contribution in [1.82, 2.24) is 0 Å². The van der Waals surface area contributed by atoms with Crippen LogP contribution in [0.25, 0.3) is 0 Å². The van der Waals surface area contributed by atoms with E-state index in [1.807, 2.05) is 26.0 Å². The Kier molecular flexibility index (Phi) is 4.58. The molecule has 1 aromatic rings. The molecule has 17 heavy (non-hydrogen) atoms. The maximum absolute atomic E-state index is 5.48. The lowest BCUT2D eigenvalue weighted by molar-refractivity contribution is -0.293. The third kappa shape index (κ3) is 4.04. The van der Waals surface area contributed by atoms with Gasteiger partial charge in [-0.05, 0) is 43.4 Å². The molecule has 0 saturated heterocycles. The van der Waals surface area contributed by atoms with E-state index < -0.39 is 0 Å². The third-order valence-corrected chi connectivity index (χ3v) is 3.29. The van der Waals surface area contributed by atoms with E-state index in [9.17, 15) is 0 Å². The summed E-state index contributed by atoms with van der Waals surface area (Å²) < 4.78 is 0. The Morgan fingerprint density at radius 1 is 0.941 bits per heavy atom. The van der Waals surface area contributed by atoms with Gasteiger partial charge in [0.1, 0.15) is 5.60 Å². The highest BCUT2D eigenvalue weighted by Crippen LogP contribution is 2.24. The molecule has 1 aromatic carbocycles. The van der Waals surface area contributed by atoms with E-state index in [0.717, 1.165) is 5.75 Å². The molecule has 1 rings (SSSR count). The van der Waals surface area contributed by atoms with Gasteiger partial charge in [-0.15, -0.1) is 0 Å². The summed E-state index contributed by atoms with van der Waals surface area (Å²) in [5, 5.41) is 0. The molecule has 96 valence electrons. The number of rotatable bonds is 5. The molecule has 0 amide bonds. The number of hydrogen-bond donors (Lipinski definition) is 0. The third-order valence-electron chi connectivity index (χ3n) is 3.29. The Hall–Kier alpha value is -1.02. The summed E-state index contributed by atoms with van der Waals surface area (Å²) in [5.74, 6) is 1.69. The average molecular weight is 236 g/mol. The zero-order valence-corrected chi connectivity index (χ0v) is 11.8. The predicted octanol–water partition coefficient (Wildman–Crippen LogP) is 4.56. The van der Waals surface area contributed by atoms with E-state index in [1.165, 1.54) is 5.56 Å². The summed E-state index contributed by atoms with van der Waals surface area (Å²) >= 11 is 0. The molecule has 0 aliphatic carbocycles. The molecule has 0 radical (unpaired) electrons. The highest BCUT2D eigenvalue weighted by atomic mass is 17.2. The van der Waals surface area contributed by atoms with Crippen molar-refractivity contribution in [3.05, 3.63) is 29.8 Å². The largest absolute Gasteiger partial charge is 0.337 e. The molecule has 0 bridgehead atoms. The maximum atomic E-state index is 5.48. The normalized spacial score (nSPS) is 12.2. The van der Waals surface area contributed by atoms with E-state index >= 15 is 0 Å². The minimum atomic E-state index is -0.281. The summed E-state index contributed by atoms with van der Waals surface area (Å²) in [6, 6.07) is 8.05. The van der Waals surface area contributed by atoms with Crippen LogP contribution in [-0.4, -0.2) is 5.60 Å². The Bertz CT molecular complexity index is 336. The van der Waals surface area contributed by atoms with Crippen LogP contribution in [0.3, 0.4) is 0 Å². The van der Waals surface area contributed by atoms with Crippen molar-refractivity contribution in [2.75, 3.05) is 0 Å². The molecule has 0 aliphatic rings. The summed E-state index contributed by atoms with van der Waals surface area (Å²) in [4.78, 5) is 10.8. The Balaban J connectivity index is 2.59. The van der Waals surface area contributed by atoms with Crippen LogP contribution in [0.4, 0.5) is 0 Å². The molecule has 0 unspecified atom stereocenters. The lowest BCUT2D eigenvalue weighted by atomic mass is 9.95. The van der Waals surface area contributed by atoms with E-state index in [0.29, 0.717) is 11.8 Å². The molecular formula is C15H24O2. The molecule has 2 heteroatoms. The molecule has 0 saturated carbocycles. The predicted molar refractivity (Wildman–Crippen MR) is 71.2 cm³/mol. The summed E-state index contributed by atoms with van der Waals surface area (Å²) in [5.41, 5.74) is 1.02. The van der Waals surface area contributed by atoms with Gasteiger partial charge in [-0.25, -0.2) is 0 Å². The van der Waals surface area contributed by atoms with Gasteiger partial charge in [0.15, 0.2) is 5.75 Å². The van der Waals surface area contributed by atoms with Crippen LogP contribution < -0.4 is 4.89 Å². The smallest absolute Gasteiger partial charge is 0.165 e. The first-order valence-corrected chi connectivity index (χ1v) is 6.28. The van der Waals surface area contributed by atoms with Crippen LogP contribution in [0.15, 0.2) is 24.3 Å². The average Bonchev–Trinajstić information content (AvgIpc) is 2.27. The van der Waals surface area contributed by atoms with Crippen LogP contribution in [0, 0.1) is 5.92 Å². The standard InChI is InChI=1S/C15H24O2/c1-11(2)13-7-9-14(10-8-13)16-17-15(5,6)12(3)4/h7-12H,1-6H3. The Labute approximate surface area is 105 Å². The molecule has 0 aliphatic heterocycles. The van der Waals surface area contributed by atoms with Crippen molar-refractivity contribution >= 4 is 0 Å². The molecule has 0 aromatic heterocycles. The van der Waals surface area contributed by atoms with Crippen LogP contribution >= 0.6 is 0 Å². The SMILES string of the molecule is CC(C)c1ccc(OOC(C)(C)C(C)C)cc1. The molecular weight excluding hydrogens is 212 g/mol. The van der Waals surface area contributed by atoms with Gasteiger partial charge in [-0.2, -0.15) is 4.89 Å². The van der Waals surface area contributed by atoms with Gasteiger partial charge in [-0.3, -0.25) is 0 Å². The number of hydrogen-bond acceptors (Lipinski definition) is 2. The highest BCUT2D eigenvalue weighted by molar-refractivity contribution is 5.28. The van der Waals surface area contributed by atoms with Gasteiger partial charge >= 0.3 is 0 Å². The Morgan fingerprint density at radius 3 is 1.88 bits per heavy atom. The van der Waals surface area contributed by atoms with Crippen molar-refractivity contribution in [3.8, 4) is 5.75 Å². The maximum Gasteiger partial charge on any atom is 0.165 e.